The van der Waals surface area contributed by atoms with Crippen molar-refractivity contribution in [3.63, 3.8) is 0 Å². The molecule has 2 atom stereocenters. The van der Waals surface area contributed by atoms with E-state index in [0.29, 0.717) is 11.3 Å². The molecule has 1 fully saturated rings. The summed E-state index contributed by atoms with van der Waals surface area (Å²) in [6.45, 7) is 7.65. The van der Waals surface area contributed by atoms with Gasteiger partial charge in [-0.1, -0.05) is 26.8 Å². The fourth-order valence-electron chi connectivity index (χ4n) is 1.83. The maximum absolute atomic E-state index is 5.59. The maximum atomic E-state index is 5.59. The molecule has 14 heavy (non-hydrogen) atoms. The summed E-state index contributed by atoms with van der Waals surface area (Å²) < 4.78 is 5.59. The molecule has 2 rings (SSSR count). The lowest BCUT2D eigenvalue weighted by Gasteiger charge is -2.44. The molecule has 1 aromatic rings. The van der Waals surface area contributed by atoms with Gasteiger partial charge in [0.2, 0.25) is 0 Å². The van der Waals surface area contributed by atoms with Crippen LogP contribution in [0.2, 0.25) is 0 Å². The number of aromatic nitrogens is 1. The van der Waals surface area contributed by atoms with Gasteiger partial charge in [0.15, 0.2) is 0 Å². The van der Waals surface area contributed by atoms with Gasteiger partial charge in [0.05, 0.1) is 12.3 Å². The first-order valence-corrected chi connectivity index (χ1v) is 5.11. The average Bonchev–Trinajstić information content (AvgIpc) is 2.00. The third kappa shape index (κ3) is 1.67. The van der Waals surface area contributed by atoms with Crippen LogP contribution in [0.3, 0.4) is 0 Å². The van der Waals surface area contributed by atoms with Crippen LogP contribution in [0.25, 0.3) is 0 Å². The van der Waals surface area contributed by atoms with Crippen LogP contribution in [0.15, 0.2) is 24.4 Å². The van der Waals surface area contributed by atoms with Crippen molar-refractivity contribution in [1.82, 2.24) is 4.98 Å². The Hall–Kier alpha value is -0.890. The highest BCUT2D eigenvalue weighted by atomic mass is 16.5. The highest BCUT2D eigenvalue weighted by molar-refractivity contribution is 5.11. The van der Waals surface area contributed by atoms with Crippen LogP contribution in [0.1, 0.15) is 32.6 Å². The normalized spacial score (nSPS) is 27.1. The monoisotopic (exact) mass is 191 g/mol. The van der Waals surface area contributed by atoms with Gasteiger partial charge in [0, 0.05) is 12.1 Å². The lowest BCUT2D eigenvalue weighted by molar-refractivity contribution is -0.161. The molecule has 1 saturated heterocycles. The molecule has 0 N–H and O–H groups in total. The number of rotatable bonds is 1. The summed E-state index contributed by atoms with van der Waals surface area (Å²) in [4.78, 5) is 4.34. The quantitative estimate of drug-likeness (QED) is 0.681. The Bertz CT molecular complexity index is 302. The fourth-order valence-corrected chi connectivity index (χ4v) is 1.83. The second-order valence-corrected chi connectivity index (χ2v) is 4.98. The molecule has 1 aliphatic rings. The van der Waals surface area contributed by atoms with E-state index in [1.165, 1.54) is 0 Å². The third-order valence-corrected chi connectivity index (χ3v) is 2.91. The van der Waals surface area contributed by atoms with Crippen LogP contribution in [0.4, 0.5) is 0 Å². The summed E-state index contributed by atoms with van der Waals surface area (Å²) in [5, 5.41) is 0. The summed E-state index contributed by atoms with van der Waals surface area (Å²) in [6.07, 6.45) is 2.03. The zero-order chi connectivity index (χ0) is 10.2. The highest BCUT2D eigenvalue weighted by Crippen LogP contribution is 2.45. The van der Waals surface area contributed by atoms with Gasteiger partial charge in [-0.2, -0.15) is 0 Å². The summed E-state index contributed by atoms with van der Waals surface area (Å²) in [5.74, 6) is 0.595. The predicted octanol–water partition coefficient (Wildman–Crippen LogP) is 2.82. The van der Waals surface area contributed by atoms with E-state index in [1.54, 1.807) is 0 Å². The van der Waals surface area contributed by atoms with Gasteiger partial charge in [-0.15, -0.1) is 0 Å². The van der Waals surface area contributed by atoms with E-state index in [4.69, 9.17) is 4.74 Å². The van der Waals surface area contributed by atoms with Crippen molar-refractivity contribution in [2.24, 2.45) is 11.3 Å². The molecular formula is C12H17NO. The Kier molecular flexibility index (Phi) is 2.31. The number of ether oxygens (including phenoxy) is 1. The van der Waals surface area contributed by atoms with E-state index >= 15 is 0 Å². The van der Waals surface area contributed by atoms with Crippen molar-refractivity contribution in [1.29, 1.82) is 0 Å². The molecule has 0 amide bonds. The number of pyridine rings is 1. The summed E-state index contributed by atoms with van der Waals surface area (Å²) >= 11 is 0. The Morgan fingerprint density at radius 1 is 1.36 bits per heavy atom. The van der Waals surface area contributed by atoms with Crippen LogP contribution >= 0.6 is 0 Å². The molecule has 0 spiro atoms. The van der Waals surface area contributed by atoms with Crippen LogP contribution in [-0.4, -0.2) is 11.6 Å². The molecule has 0 saturated carbocycles. The zero-order valence-corrected chi connectivity index (χ0v) is 9.03. The van der Waals surface area contributed by atoms with E-state index < -0.39 is 0 Å². The molecule has 1 aliphatic heterocycles. The van der Waals surface area contributed by atoms with Crippen LogP contribution in [0.5, 0.6) is 0 Å². The Labute approximate surface area is 85.3 Å². The third-order valence-electron chi connectivity index (χ3n) is 2.91. The van der Waals surface area contributed by atoms with Crippen molar-refractivity contribution in [3.8, 4) is 0 Å². The highest BCUT2D eigenvalue weighted by Gasteiger charge is 2.41. The molecular weight excluding hydrogens is 174 g/mol. The molecule has 0 bridgehead atoms. The van der Waals surface area contributed by atoms with E-state index in [1.807, 2.05) is 24.4 Å². The number of hydrogen-bond donors (Lipinski definition) is 0. The Morgan fingerprint density at radius 2 is 2.14 bits per heavy atom. The van der Waals surface area contributed by atoms with E-state index in [9.17, 15) is 0 Å². The molecule has 0 aliphatic carbocycles. The van der Waals surface area contributed by atoms with Crippen molar-refractivity contribution in [2.45, 2.75) is 26.9 Å². The van der Waals surface area contributed by atoms with E-state index in [2.05, 4.69) is 25.8 Å². The molecule has 2 nitrogen and oxygen atoms in total. The molecule has 1 aromatic heterocycles. The summed E-state index contributed by atoms with van der Waals surface area (Å²) in [5.41, 5.74) is 1.37. The van der Waals surface area contributed by atoms with Gasteiger partial charge in [-0.05, 0) is 17.5 Å². The number of hydrogen-bond acceptors (Lipinski definition) is 2. The van der Waals surface area contributed by atoms with Crippen molar-refractivity contribution in [3.05, 3.63) is 30.1 Å². The molecule has 76 valence electrons. The Balaban J connectivity index is 2.15. The van der Waals surface area contributed by atoms with Crippen molar-refractivity contribution >= 4 is 0 Å². The first kappa shape index (κ1) is 9.66. The molecule has 2 unspecified atom stereocenters. The summed E-state index contributed by atoms with van der Waals surface area (Å²) in [7, 11) is 0. The summed E-state index contributed by atoms with van der Waals surface area (Å²) in [6, 6.07) is 6.00. The molecule has 0 aromatic carbocycles. The minimum atomic E-state index is 0.205. The van der Waals surface area contributed by atoms with Gasteiger partial charge >= 0.3 is 0 Å². The lowest BCUT2D eigenvalue weighted by Crippen LogP contribution is -2.41. The standard InChI is InChI=1S/C12H17NO/c1-12(2,3)9-8-14-11(9)10-6-4-5-7-13-10/h4-7,9,11H,8H2,1-3H3. The van der Waals surface area contributed by atoms with Gasteiger partial charge in [-0.25, -0.2) is 0 Å². The smallest absolute Gasteiger partial charge is 0.105 e. The fraction of sp³-hybridized carbons (Fsp3) is 0.583. The average molecular weight is 191 g/mol. The Morgan fingerprint density at radius 3 is 2.57 bits per heavy atom. The topological polar surface area (TPSA) is 22.1 Å². The van der Waals surface area contributed by atoms with Crippen molar-refractivity contribution in [2.75, 3.05) is 6.61 Å². The number of nitrogens with zero attached hydrogens (tertiary/aromatic N) is 1. The van der Waals surface area contributed by atoms with E-state index in [-0.39, 0.29) is 6.10 Å². The van der Waals surface area contributed by atoms with Crippen LogP contribution < -0.4 is 0 Å². The molecule has 0 radical (unpaired) electrons. The second-order valence-electron chi connectivity index (χ2n) is 4.98. The lowest BCUT2D eigenvalue weighted by atomic mass is 9.74. The first-order chi connectivity index (χ1) is 6.59. The second kappa shape index (κ2) is 3.35. The minimum absolute atomic E-state index is 0.205. The SMILES string of the molecule is CC(C)(C)C1COC1c1ccccn1. The van der Waals surface area contributed by atoms with E-state index in [0.717, 1.165) is 12.3 Å². The van der Waals surface area contributed by atoms with Gasteiger partial charge in [0.25, 0.3) is 0 Å². The van der Waals surface area contributed by atoms with Gasteiger partial charge in [0.1, 0.15) is 6.10 Å². The first-order valence-electron chi connectivity index (χ1n) is 5.11. The maximum Gasteiger partial charge on any atom is 0.105 e. The minimum Gasteiger partial charge on any atom is -0.371 e. The van der Waals surface area contributed by atoms with Crippen LogP contribution in [-0.2, 0) is 4.74 Å². The van der Waals surface area contributed by atoms with Crippen molar-refractivity contribution < 1.29 is 4.74 Å². The zero-order valence-electron chi connectivity index (χ0n) is 9.03. The predicted molar refractivity (Wildman–Crippen MR) is 55.9 cm³/mol. The van der Waals surface area contributed by atoms with Gasteiger partial charge < -0.3 is 4.74 Å². The molecule has 2 heteroatoms. The largest absolute Gasteiger partial charge is 0.371 e. The van der Waals surface area contributed by atoms with Gasteiger partial charge in [-0.3, -0.25) is 4.98 Å². The van der Waals surface area contributed by atoms with Crippen LogP contribution in [0, 0.1) is 11.3 Å². The molecule has 2 heterocycles.